The van der Waals surface area contributed by atoms with Gasteiger partial charge in [0.05, 0.1) is 20.6 Å². The van der Waals surface area contributed by atoms with Crippen LogP contribution in [0.4, 0.5) is 5.69 Å². The van der Waals surface area contributed by atoms with Gasteiger partial charge >= 0.3 is 6.02 Å². The summed E-state index contributed by atoms with van der Waals surface area (Å²) >= 11 is 8.12. The monoisotopic (exact) mass is 424 g/mol. The maximum Gasteiger partial charge on any atom is 0.317 e. The second-order valence-electron chi connectivity index (χ2n) is 4.44. The van der Waals surface area contributed by atoms with Gasteiger partial charge in [0.2, 0.25) is 0 Å². The smallest absolute Gasteiger partial charge is 0.317 e. The summed E-state index contributed by atoms with van der Waals surface area (Å²) in [6.07, 6.45) is 0. The van der Waals surface area contributed by atoms with Crippen molar-refractivity contribution in [2.75, 3.05) is 4.90 Å². The number of hydrogen-bond acceptors (Lipinski definition) is 4. The van der Waals surface area contributed by atoms with Crippen molar-refractivity contribution in [2.45, 2.75) is 4.90 Å². The standard InChI is InChI=1S/C14H6Br2N2O2S/c15-7-5-8-12(9(16)6-7)20-14-17-21-11-4-2-1-3-10(11)18(14)13(8)19/h1-6H. The third-order valence-electron chi connectivity index (χ3n) is 3.15. The highest BCUT2D eigenvalue weighted by atomic mass is 79.9. The molecule has 2 aliphatic heterocycles. The fraction of sp³-hybridized carbons (Fsp3) is 0. The molecule has 0 saturated carbocycles. The molecule has 4 nitrogen and oxygen atoms in total. The number of anilines is 1. The molecule has 0 fully saturated rings. The lowest BCUT2D eigenvalue weighted by atomic mass is 10.1. The molecule has 0 saturated heterocycles. The number of carbonyl (C=O) groups excluding carboxylic acids is 1. The number of nitrogens with zero attached hydrogens (tertiary/aromatic N) is 2. The minimum Gasteiger partial charge on any atom is -0.423 e. The molecule has 21 heavy (non-hydrogen) atoms. The van der Waals surface area contributed by atoms with Crippen molar-refractivity contribution in [1.29, 1.82) is 0 Å². The Morgan fingerprint density at radius 3 is 2.86 bits per heavy atom. The Bertz CT molecular complexity index is 823. The normalized spacial score (nSPS) is 15.6. The Labute approximate surface area is 141 Å². The number of para-hydroxylation sites is 1. The number of halogens is 2. The van der Waals surface area contributed by atoms with Gasteiger partial charge in [0.25, 0.3) is 5.91 Å². The molecule has 104 valence electrons. The SMILES string of the molecule is O=C1c2cc(Br)cc(Br)c2OC2=NSc3ccccc3N12. The van der Waals surface area contributed by atoms with Crippen molar-refractivity contribution in [3.05, 3.63) is 50.9 Å². The summed E-state index contributed by atoms with van der Waals surface area (Å²) in [4.78, 5) is 15.3. The largest absolute Gasteiger partial charge is 0.423 e. The summed E-state index contributed by atoms with van der Waals surface area (Å²) in [6, 6.07) is 11.5. The molecule has 0 N–H and O–H groups in total. The number of fused-ring (bicyclic) bond motifs is 4. The summed E-state index contributed by atoms with van der Waals surface area (Å²) < 4.78 is 11.6. The lowest BCUT2D eigenvalue weighted by Crippen LogP contribution is -2.45. The van der Waals surface area contributed by atoms with Crippen molar-refractivity contribution in [1.82, 2.24) is 0 Å². The number of amides is 1. The maximum atomic E-state index is 12.8. The zero-order valence-corrected chi connectivity index (χ0v) is 14.3. The van der Waals surface area contributed by atoms with Gasteiger partial charge in [-0.05, 0) is 40.2 Å². The molecule has 0 bridgehead atoms. The first kappa shape index (κ1) is 13.4. The summed E-state index contributed by atoms with van der Waals surface area (Å²) in [6.45, 7) is 0. The molecule has 0 radical (unpaired) electrons. The maximum absolute atomic E-state index is 12.8. The zero-order valence-electron chi connectivity index (χ0n) is 10.3. The van der Waals surface area contributed by atoms with E-state index >= 15 is 0 Å². The second-order valence-corrected chi connectivity index (χ2v) is 7.01. The lowest BCUT2D eigenvalue weighted by Gasteiger charge is -2.32. The first-order valence-corrected chi connectivity index (χ1v) is 8.36. The third kappa shape index (κ3) is 2.03. The predicted octanol–water partition coefficient (Wildman–Crippen LogP) is 4.63. The van der Waals surface area contributed by atoms with Gasteiger partial charge in [0.15, 0.2) is 5.75 Å². The van der Waals surface area contributed by atoms with Crippen LogP contribution in [0.15, 0.2) is 54.6 Å². The molecule has 0 spiro atoms. The van der Waals surface area contributed by atoms with Gasteiger partial charge in [-0.3, -0.25) is 4.79 Å². The van der Waals surface area contributed by atoms with Gasteiger partial charge in [-0.1, -0.05) is 28.1 Å². The minimum absolute atomic E-state index is 0.148. The van der Waals surface area contributed by atoms with E-state index < -0.39 is 0 Å². The molecular weight excluding hydrogens is 420 g/mol. The van der Waals surface area contributed by atoms with Gasteiger partial charge in [0, 0.05) is 16.4 Å². The van der Waals surface area contributed by atoms with Crippen molar-refractivity contribution in [3.8, 4) is 5.75 Å². The van der Waals surface area contributed by atoms with E-state index in [4.69, 9.17) is 4.74 Å². The Balaban J connectivity index is 1.93. The van der Waals surface area contributed by atoms with E-state index in [-0.39, 0.29) is 5.91 Å². The number of benzene rings is 2. The Hall–Kier alpha value is -1.31. The first-order valence-electron chi connectivity index (χ1n) is 6.00. The van der Waals surface area contributed by atoms with E-state index in [0.717, 1.165) is 15.1 Å². The lowest BCUT2D eigenvalue weighted by molar-refractivity contribution is 0.0988. The van der Waals surface area contributed by atoms with Crippen LogP contribution < -0.4 is 9.64 Å². The predicted molar refractivity (Wildman–Crippen MR) is 89.0 cm³/mol. The molecule has 2 heterocycles. The van der Waals surface area contributed by atoms with Gasteiger partial charge in [-0.25, -0.2) is 4.90 Å². The first-order chi connectivity index (χ1) is 10.1. The highest BCUT2D eigenvalue weighted by Crippen LogP contribution is 2.42. The zero-order chi connectivity index (χ0) is 14.6. The Kier molecular flexibility index (Phi) is 3.09. The molecule has 4 rings (SSSR count). The third-order valence-corrected chi connectivity index (χ3v) is 4.99. The van der Waals surface area contributed by atoms with Crippen molar-refractivity contribution >= 4 is 61.4 Å². The van der Waals surface area contributed by atoms with Crippen LogP contribution in [-0.4, -0.2) is 11.9 Å². The van der Waals surface area contributed by atoms with E-state index in [9.17, 15) is 4.79 Å². The fourth-order valence-corrected chi connectivity index (χ4v) is 4.24. The van der Waals surface area contributed by atoms with Crippen LogP contribution in [-0.2, 0) is 0 Å². The van der Waals surface area contributed by atoms with Gasteiger partial charge in [-0.15, -0.1) is 0 Å². The molecule has 2 aromatic rings. The van der Waals surface area contributed by atoms with E-state index in [1.54, 1.807) is 6.07 Å². The molecular formula is C14H6Br2N2O2S. The van der Waals surface area contributed by atoms with Crippen LogP contribution in [0.3, 0.4) is 0 Å². The average molecular weight is 426 g/mol. The molecule has 7 heteroatoms. The Morgan fingerprint density at radius 2 is 2.00 bits per heavy atom. The van der Waals surface area contributed by atoms with Gasteiger partial charge in [0.1, 0.15) is 0 Å². The minimum atomic E-state index is -0.148. The number of amidine groups is 1. The molecule has 0 atom stereocenters. The summed E-state index contributed by atoms with van der Waals surface area (Å²) in [5, 5.41) is 0. The summed E-state index contributed by atoms with van der Waals surface area (Å²) in [7, 11) is 0. The van der Waals surface area contributed by atoms with Crippen LogP contribution >= 0.6 is 43.8 Å². The van der Waals surface area contributed by atoms with Crippen molar-refractivity contribution in [2.24, 2.45) is 4.40 Å². The van der Waals surface area contributed by atoms with Gasteiger partial charge < -0.3 is 4.74 Å². The molecule has 2 aromatic carbocycles. The quantitative estimate of drug-likeness (QED) is 0.578. The van der Waals surface area contributed by atoms with E-state index in [0.29, 0.717) is 21.8 Å². The van der Waals surface area contributed by atoms with Gasteiger partial charge in [-0.2, -0.15) is 4.40 Å². The topological polar surface area (TPSA) is 41.9 Å². The van der Waals surface area contributed by atoms with Crippen LogP contribution in [0.2, 0.25) is 0 Å². The highest BCUT2D eigenvalue weighted by Gasteiger charge is 2.37. The van der Waals surface area contributed by atoms with E-state index in [1.165, 1.54) is 16.8 Å². The second kappa shape index (κ2) is 4.86. The number of ether oxygens (including phenoxy) is 1. The highest BCUT2D eigenvalue weighted by molar-refractivity contribution is 9.11. The van der Waals surface area contributed by atoms with Crippen LogP contribution in [0.5, 0.6) is 5.75 Å². The molecule has 2 aliphatic rings. The molecule has 0 aliphatic carbocycles. The molecule has 0 unspecified atom stereocenters. The van der Waals surface area contributed by atoms with Crippen LogP contribution in [0.1, 0.15) is 10.4 Å². The van der Waals surface area contributed by atoms with E-state index in [1.807, 2.05) is 30.3 Å². The van der Waals surface area contributed by atoms with E-state index in [2.05, 4.69) is 36.3 Å². The molecule has 0 aromatic heterocycles. The summed E-state index contributed by atoms with van der Waals surface area (Å²) in [5.74, 6) is 0.350. The number of hydrogen-bond donors (Lipinski definition) is 0. The van der Waals surface area contributed by atoms with Crippen molar-refractivity contribution in [3.63, 3.8) is 0 Å². The number of rotatable bonds is 0. The van der Waals surface area contributed by atoms with Crippen LogP contribution in [0, 0.1) is 0 Å². The summed E-state index contributed by atoms with van der Waals surface area (Å²) in [5.41, 5.74) is 1.29. The van der Waals surface area contributed by atoms with Crippen LogP contribution in [0.25, 0.3) is 0 Å². The average Bonchev–Trinajstić information content (AvgIpc) is 2.48. The fourth-order valence-electron chi connectivity index (χ4n) is 2.25. The molecule has 1 amide bonds. The Morgan fingerprint density at radius 1 is 1.19 bits per heavy atom. The number of carbonyl (C=O) groups is 1. The van der Waals surface area contributed by atoms with Crippen molar-refractivity contribution < 1.29 is 9.53 Å².